The number of hydrogen-bond acceptors (Lipinski definition) is 4. The number of fused-ring (bicyclic) bond motifs is 1. The molecule has 0 fully saturated rings. The summed E-state index contributed by atoms with van der Waals surface area (Å²) < 4.78 is 37.1. The number of methoxy groups -OCH3 is 1. The number of rotatable bonds is 4. The highest BCUT2D eigenvalue weighted by atomic mass is 19.4. The molecular formula is C23H20F3N3O4. The summed E-state index contributed by atoms with van der Waals surface area (Å²) in [7, 11) is 1.66. The van der Waals surface area contributed by atoms with Gasteiger partial charge >= 0.3 is 12.1 Å². The van der Waals surface area contributed by atoms with Crippen LogP contribution in [0.3, 0.4) is 0 Å². The average Bonchev–Trinajstić information content (AvgIpc) is 3.24. The molecule has 7 nitrogen and oxygen atoms in total. The van der Waals surface area contributed by atoms with Crippen molar-refractivity contribution in [3.8, 4) is 17.0 Å². The van der Waals surface area contributed by atoms with Gasteiger partial charge in [0.2, 0.25) is 0 Å². The number of carbonyl (C=O) groups is 2. The maximum absolute atomic E-state index is 12.0. The van der Waals surface area contributed by atoms with E-state index in [1.54, 1.807) is 13.3 Å². The van der Waals surface area contributed by atoms with Crippen LogP contribution in [0.2, 0.25) is 0 Å². The predicted molar refractivity (Wildman–Crippen MR) is 116 cm³/mol. The minimum atomic E-state index is -5.08. The van der Waals surface area contributed by atoms with E-state index in [1.807, 2.05) is 54.6 Å². The number of carbonyl (C=O) groups excluding carboxylic acids is 1. The van der Waals surface area contributed by atoms with E-state index in [9.17, 15) is 18.0 Å². The fourth-order valence-electron chi connectivity index (χ4n) is 3.14. The smallest absolute Gasteiger partial charge is 0.490 e. The van der Waals surface area contributed by atoms with Crippen molar-refractivity contribution in [1.82, 2.24) is 15.3 Å². The molecule has 0 saturated carbocycles. The predicted octanol–water partition coefficient (Wildman–Crippen LogP) is 4.17. The molecule has 3 heterocycles. The number of alkyl halides is 3. The minimum absolute atomic E-state index is 0.0147. The maximum atomic E-state index is 12.0. The first-order chi connectivity index (χ1) is 15.7. The second-order valence-electron chi connectivity index (χ2n) is 6.93. The highest BCUT2D eigenvalue weighted by Crippen LogP contribution is 2.25. The third-order valence-electron chi connectivity index (χ3n) is 4.71. The zero-order chi connectivity index (χ0) is 24.0. The van der Waals surface area contributed by atoms with E-state index in [-0.39, 0.29) is 5.91 Å². The number of aromatic amines is 1. The van der Waals surface area contributed by atoms with E-state index < -0.39 is 12.1 Å². The first-order valence-electron chi connectivity index (χ1n) is 9.76. The highest BCUT2D eigenvalue weighted by Gasteiger charge is 2.38. The molecule has 1 amide bonds. The number of amides is 1. The van der Waals surface area contributed by atoms with Crippen molar-refractivity contribution >= 4 is 24.0 Å². The highest BCUT2D eigenvalue weighted by molar-refractivity contribution is 5.97. The Hall–Kier alpha value is -4.08. The van der Waals surface area contributed by atoms with Gasteiger partial charge in [-0.15, -0.1) is 0 Å². The summed E-state index contributed by atoms with van der Waals surface area (Å²) in [6.45, 7) is 0.676. The molecule has 0 unspecified atom stereocenters. The summed E-state index contributed by atoms with van der Waals surface area (Å²) in [5, 5.41) is 9.99. The van der Waals surface area contributed by atoms with Crippen LogP contribution < -0.4 is 10.1 Å². The number of nitrogens with zero attached hydrogens (tertiary/aromatic N) is 1. The summed E-state index contributed by atoms with van der Waals surface area (Å²) in [5.74, 6) is -1.95. The van der Waals surface area contributed by atoms with Crippen molar-refractivity contribution in [2.75, 3.05) is 13.7 Å². The Kier molecular flexibility index (Phi) is 7.17. The zero-order valence-corrected chi connectivity index (χ0v) is 17.4. The fourth-order valence-corrected chi connectivity index (χ4v) is 3.14. The number of benzene rings is 1. The van der Waals surface area contributed by atoms with Gasteiger partial charge in [-0.25, -0.2) is 4.79 Å². The van der Waals surface area contributed by atoms with Gasteiger partial charge in [-0.05, 0) is 36.4 Å². The zero-order valence-electron chi connectivity index (χ0n) is 17.4. The number of ether oxygens (including phenoxy) is 1. The second kappa shape index (κ2) is 10.0. The number of hydrogen-bond donors (Lipinski definition) is 3. The van der Waals surface area contributed by atoms with E-state index in [1.165, 1.54) is 0 Å². The van der Waals surface area contributed by atoms with Crippen molar-refractivity contribution in [1.29, 1.82) is 0 Å². The van der Waals surface area contributed by atoms with E-state index in [0.717, 1.165) is 45.9 Å². The lowest BCUT2D eigenvalue weighted by Crippen LogP contribution is -2.31. The third kappa shape index (κ3) is 6.00. The normalized spacial score (nSPS) is 13.0. The number of pyridine rings is 1. The van der Waals surface area contributed by atoms with Crippen molar-refractivity contribution in [2.45, 2.75) is 12.6 Å². The van der Waals surface area contributed by atoms with Gasteiger partial charge in [0.25, 0.3) is 5.91 Å². The molecule has 0 bridgehead atoms. The van der Waals surface area contributed by atoms with Crippen LogP contribution in [0.4, 0.5) is 13.2 Å². The van der Waals surface area contributed by atoms with Gasteiger partial charge < -0.3 is 20.1 Å². The molecule has 3 aromatic rings. The number of halogens is 3. The Bertz CT molecular complexity index is 1190. The van der Waals surface area contributed by atoms with Crippen LogP contribution in [-0.2, 0) is 11.2 Å². The molecule has 33 heavy (non-hydrogen) atoms. The number of H-pyrrole nitrogens is 1. The molecule has 4 rings (SSSR count). The van der Waals surface area contributed by atoms with Crippen molar-refractivity contribution < 1.29 is 32.6 Å². The van der Waals surface area contributed by atoms with Gasteiger partial charge in [0.05, 0.1) is 18.4 Å². The van der Waals surface area contributed by atoms with Gasteiger partial charge in [-0.2, -0.15) is 13.2 Å². The number of carboxylic acids is 1. The van der Waals surface area contributed by atoms with Gasteiger partial charge in [-0.1, -0.05) is 18.2 Å². The monoisotopic (exact) mass is 459 g/mol. The van der Waals surface area contributed by atoms with Crippen LogP contribution in [0, 0.1) is 0 Å². The molecular weight excluding hydrogens is 439 g/mol. The van der Waals surface area contributed by atoms with E-state index in [0.29, 0.717) is 6.54 Å². The summed E-state index contributed by atoms with van der Waals surface area (Å²) in [6, 6.07) is 13.7. The molecule has 172 valence electrons. The molecule has 0 saturated heterocycles. The quantitative estimate of drug-likeness (QED) is 0.543. The lowest BCUT2D eigenvalue weighted by atomic mass is 10.1. The number of nitrogens with one attached hydrogen (secondary N) is 2. The van der Waals surface area contributed by atoms with Crippen LogP contribution in [-0.4, -0.2) is 46.8 Å². The molecule has 0 radical (unpaired) electrons. The molecule has 0 spiro atoms. The summed E-state index contributed by atoms with van der Waals surface area (Å²) >= 11 is 0. The molecule has 0 aliphatic carbocycles. The Morgan fingerprint density at radius 2 is 1.91 bits per heavy atom. The maximum Gasteiger partial charge on any atom is 0.490 e. The van der Waals surface area contributed by atoms with E-state index in [4.69, 9.17) is 14.6 Å². The van der Waals surface area contributed by atoms with Crippen molar-refractivity contribution in [3.63, 3.8) is 0 Å². The van der Waals surface area contributed by atoms with E-state index in [2.05, 4.69) is 15.3 Å². The largest absolute Gasteiger partial charge is 0.496 e. The average molecular weight is 459 g/mol. The number of aliphatic carboxylic acids is 1. The SMILES string of the molecule is COc1ccccc1/C=C/c1cc(-c2cc3c([nH]2)CCNC3=O)ccn1.O=C(O)C(F)(F)F. The molecule has 1 aliphatic rings. The summed E-state index contributed by atoms with van der Waals surface area (Å²) in [5.41, 5.74) is 5.49. The minimum Gasteiger partial charge on any atom is -0.496 e. The summed E-state index contributed by atoms with van der Waals surface area (Å²) in [6.07, 6.45) is 1.46. The number of para-hydroxylation sites is 1. The lowest BCUT2D eigenvalue weighted by molar-refractivity contribution is -0.192. The first kappa shape index (κ1) is 23.6. The van der Waals surface area contributed by atoms with Crippen LogP contribution in [0.5, 0.6) is 5.75 Å². The Labute approximate surface area is 186 Å². The third-order valence-corrected chi connectivity index (χ3v) is 4.71. The molecule has 10 heteroatoms. The standard InChI is InChI=1S/C21H19N3O2.C2HF3O2/c1-26-20-5-3-2-4-14(20)6-7-16-12-15(8-10-22-16)19-13-17-18(24-19)9-11-23-21(17)25;3-2(4,5)1(6)7/h2-8,10,12-13,24H,9,11H2,1H3,(H,23,25);(H,6,7)/b7-6+;. The van der Waals surface area contributed by atoms with Crippen LogP contribution in [0.1, 0.15) is 27.3 Å². The Balaban J connectivity index is 0.000000383. The van der Waals surface area contributed by atoms with Crippen LogP contribution >= 0.6 is 0 Å². The summed E-state index contributed by atoms with van der Waals surface area (Å²) in [4.78, 5) is 28.6. The molecule has 2 aromatic heterocycles. The molecule has 1 aromatic carbocycles. The van der Waals surface area contributed by atoms with Crippen molar-refractivity contribution in [2.24, 2.45) is 0 Å². The lowest BCUT2D eigenvalue weighted by Gasteiger charge is -2.10. The van der Waals surface area contributed by atoms with Crippen molar-refractivity contribution in [3.05, 3.63) is 71.2 Å². The topological polar surface area (TPSA) is 104 Å². The van der Waals surface area contributed by atoms with E-state index >= 15 is 0 Å². The molecule has 0 atom stereocenters. The Morgan fingerprint density at radius 3 is 2.58 bits per heavy atom. The number of aromatic nitrogens is 2. The van der Waals surface area contributed by atoms with Crippen LogP contribution in [0.15, 0.2) is 48.7 Å². The molecule has 1 aliphatic heterocycles. The molecule has 3 N–H and O–H groups in total. The second-order valence-corrected chi connectivity index (χ2v) is 6.93. The van der Waals surface area contributed by atoms with Gasteiger partial charge in [-0.3, -0.25) is 9.78 Å². The Morgan fingerprint density at radius 1 is 1.18 bits per heavy atom. The van der Waals surface area contributed by atoms with Crippen LogP contribution in [0.25, 0.3) is 23.4 Å². The van der Waals surface area contributed by atoms with Gasteiger partial charge in [0, 0.05) is 41.7 Å². The van der Waals surface area contributed by atoms with Gasteiger partial charge in [0.1, 0.15) is 5.75 Å². The van der Waals surface area contributed by atoms with Gasteiger partial charge in [0.15, 0.2) is 0 Å². The number of carboxylic acid groups (broad SMARTS) is 1. The fraction of sp³-hybridized carbons (Fsp3) is 0.174. The first-order valence-corrected chi connectivity index (χ1v) is 9.76.